The third kappa shape index (κ3) is 3.80. The Balaban J connectivity index is 2.12. The maximum Gasteiger partial charge on any atom is 0.240 e. The number of hydrogen-bond acceptors (Lipinski definition) is 5. The standard InChI is InChI=1S/C14H16ClNO5S/c1-19-12-6-5-10(8-11(12)15)22(17,18)16-9-14(20-2)13-4-3-7-21-13/h3-8,14,16H,9H2,1-2H3/t14-/m1/s1. The van der Waals surface area contributed by atoms with Gasteiger partial charge >= 0.3 is 0 Å². The van der Waals surface area contributed by atoms with Crippen LogP contribution in [0.25, 0.3) is 0 Å². The molecule has 8 heteroatoms. The lowest BCUT2D eigenvalue weighted by atomic mass is 10.3. The maximum absolute atomic E-state index is 12.3. The first kappa shape index (κ1) is 16.8. The molecule has 1 heterocycles. The van der Waals surface area contributed by atoms with Crippen LogP contribution in [0.1, 0.15) is 11.9 Å². The fourth-order valence-corrected chi connectivity index (χ4v) is 3.24. The zero-order valence-electron chi connectivity index (χ0n) is 12.1. The van der Waals surface area contributed by atoms with Crippen molar-refractivity contribution in [1.29, 1.82) is 0 Å². The lowest BCUT2D eigenvalue weighted by molar-refractivity contribution is 0.0878. The van der Waals surface area contributed by atoms with E-state index in [-0.39, 0.29) is 16.5 Å². The van der Waals surface area contributed by atoms with Gasteiger partial charge in [-0.05, 0) is 30.3 Å². The van der Waals surface area contributed by atoms with Gasteiger partial charge in [0.05, 0.1) is 23.3 Å². The van der Waals surface area contributed by atoms with E-state index in [9.17, 15) is 8.42 Å². The van der Waals surface area contributed by atoms with Crippen LogP contribution in [0, 0.1) is 0 Å². The smallest absolute Gasteiger partial charge is 0.240 e. The summed E-state index contributed by atoms with van der Waals surface area (Å²) in [6.07, 6.45) is 0.984. The predicted octanol–water partition coefficient (Wildman–Crippen LogP) is 2.61. The highest BCUT2D eigenvalue weighted by Crippen LogP contribution is 2.27. The molecule has 1 N–H and O–H groups in total. The van der Waals surface area contributed by atoms with E-state index in [0.29, 0.717) is 11.5 Å². The Bertz CT molecular complexity index is 715. The molecule has 0 bridgehead atoms. The van der Waals surface area contributed by atoms with E-state index in [2.05, 4.69) is 4.72 Å². The second-order valence-corrected chi connectivity index (χ2v) is 6.56. The number of halogens is 1. The minimum atomic E-state index is -3.72. The summed E-state index contributed by atoms with van der Waals surface area (Å²) in [5.41, 5.74) is 0. The van der Waals surface area contributed by atoms with Crippen LogP contribution in [0.4, 0.5) is 0 Å². The Hall–Kier alpha value is -1.54. The van der Waals surface area contributed by atoms with Gasteiger partial charge in [0, 0.05) is 13.7 Å². The first-order valence-electron chi connectivity index (χ1n) is 6.37. The molecule has 0 aliphatic heterocycles. The van der Waals surface area contributed by atoms with Gasteiger partial charge in [-0.2, -0.15) is 0 Å². The molecule has 0 amide bonds. The quantitative estimate of drug-likeness (QED) is 0.834. The number of sulfonamides is 1. The van der Waals surface area contributed by atoms with E-state index in [0.717, 1.165) is 0 Å². The molecule has 1 aromatic heterocycles. The lowest BCUT2D eigenvalue weighted by Crippen LogP contribution is -2.29. The van der Waals surface area contributed by atoms with Crippen molar-refractivity contribution in [3.8, 4) is 5.75 Å². The molecule has 2 aromatic rings. The minimum absolute atomic E-state index is 0.0377. The summed E-state index contributed by atoms with van der Waals surface area (Å²) in [5, 5.41) is 0.222. The maximum atomic E-state index is 12.3. The van der Waals surface area contributed by atoms with Crippen molar-refractivity contribution in [2.24, 2.45) is 0 Å². The molecule has 0 aliphatic carbocycles. The van der Waals surface area contributed by atoms with Gasteiger partial charge in [0.25, 0.3) is 0 Å². The highest BCUT2D eigenvalue weighted by Gasteiger charge is 2.20. The van der Waals surface area contributed by atoms with Gasteiger partial charge in [0.1, 0.15) is 17.6 Å². The van der Waals surface area contributed by atoms with Gasteiger partial charge in [-0.3, -0.25) is 0 Å². The molecule has 1 aromatic carbocycles. The van der Waals surface area contributed by atoms with Gasteiger partial charge in [-0.1, -0.05) is 11.6 Å². The van der Waals surface area contributed by atoms with Gasteiger partial charge in [0.2, 0.25) is 10.0 Å². The summed E-state index contributed by atoms with van der Waals surface area (Å²) in [7, 11) is -0.779. The number of ether oxygens (including phenoxy) is 2. The summed E-state index contributed by atoms with van der Waals surface area (Å²) in [6.45, 7) is 0.0377. The summed E-state index contributed by atoms with van der Waals surface area (Å²) in [6, 6.07) is 7.67. The third-order valence-corrected chi connectivity index (χ3v) is 4.75. The Kier molecular flexibility index (Phi) is 5.47. The highest BCUT2D eigenvalue weighted by molar-refractivity contribution is 7.89. The molecule has 120 valence electrons. The van der Waals surface area contributed by atoms with Crippen LogP contribution in [-0.2, 0) is 14.8 Å². The van der Waals surface area contributed by atoms with E-state index in [4.69, 9.17) is 25.5 Å². The van der Waals surface area contributed by atoms with Gasteiger partial charge in [0.15, 0.2) is 0 Å². The fraction of sp³-hybridized carbons (Fsp3) is 0.286. The first-order valence-corrected chi connectivity index (χ1v) is 8.23. The van der Waals surface area contributed by atoms with E-state index in [1.165, 1.54) is 38.7 Å². The SMILES string of the molecule is COc1ccc(S(=O)(=O)NC[C@@H](OC)c2ccco2)cc1Cl. The number of benzene rings is 1. The van der Waals surface area contributed by atoms with Crippen molar-refractivity contribution in [2.75, 3.05) is 20.8 Å². The topological polar surface area (TPSA) is 77.8 Å². The normalized spacial score (nSPS) is 13.0. The Morgan fingerprint density at radius 3 is 2.64 bits per heavy atom. The number of nitrogens with one attached hydrogen (secondary N) is 1. The Labute approximate surface area is 134 Å². The molecule has 22 heavy (non-hydrogen) atoms. The largest absolute Gasteiger partial charge is 0.495 e. The average molecular weight is 346 g/mol. The molecule has 0 radical (unpaired) electrons. The van der Waals surface area contributed by atoms with Crippen molar-refractivity contribution < 1.29 is 22.3 Å². The molecule has 2 rings (SSSR count). The minimum Gasteiger partial charge on any atom is -0.495 e. The molecule has 0 fully saturated rings. The molecule has 1 atom stereocenters. The Morgan fingerprint density at radius 1 is 1.32 bits per heavy atom. The van der Waals surface area contributed by atoms with Crippen molar-refractivity contribution >= 4 is 21.6 Å². The molecule has 0 saturated heterocycles. The first-order chi connectivity index (χ1) is 10.5. The van der Waals surface area contributed by atoms with Crippen LogP contribution >= 0.6 is 11.6 Å². The van der Waals surface area contributed by atoms with Crippen LogP contribution < -0.4 is 9.46 Å². The molecule has 0 spiro atoms. The molecule has 0 saturated carbocycles. The monoisotopic (exact) mass is 345 g/mol. The summed E-state index contributed by atoms with van der Waals surface area (Å²) < 4.78 is 42.4. The van der Waals surface area contributed by atoms with E-state index < -0.39 is 16.1 Å². The second kappa shape index (κ2) is 7.15. The molecule has 0 aliphatic rings. The predicted molar refractivity (Wildman–Crippen MR) is 81.7 cm³/mol. The van der Waals surface area contributed by atoms with Crippen molar-refractivity contribution in [3.63, 3.8) is 0 Å². The van der Waals surface area contributed by atoms with Crippen molar-refractivity contribution in [3.05, 3.63) is 47.4 Å². The number of hydrogen-bond donors (Lipinski definition) is 1. The highest BCUT2D eigenvalue weighted by atomic mass is 35.5. The summed E-state index contributed by atoms with van der Waals surface area (Å²) >= 11 is 5.95. The lowest BCUT2D eigenvalue weighted by Gasteiger charge is -2.14. The zero-order valence-corrected chi connectivity index (χ0v) is 13.6. The van der Waals surface area contributed by atoms with Crippen molar-refractivity contribution in [1.82, 2.24) is 4.72 Å². The number of furan rings is 1. The van der Waals surface area contributed by atoms with E-state index in [1.807, 2.05) is 0 Å². The summed E-state index contributed by atoms with van der Waals surface area (Å²) in [4.78, 5) is 0.0487. The summed E-state index contributed by atoms with van der Waals surface area (Å²) in [5.74, 6) is 0.948. The average Bonchev–Trinajstić information content (AvgIpc) is 3.02. The van der Waals surface area contributed by atoms with Crippen molar-refractivity contribution in [2.45, 2.75) is 11.0 Å². The van der Waals surface area contributed by atoms with E-state index in [1.54, 1.807) is 12.1 Å². The van der Waals surface area contributed by atoms with Gasteiger partial charge in [-0.25, -0.2) is 13.1 Å². The molecule has 0 unspecified atom stereocenters. The third-order valence-electron chi connectivity index (χ3n) is 3.04. The van der Waals surface area contributed by atoms with E-state index >= 15 is 0 Å². The number of methoxy groups -OCH3 is 2. The molecular formula is C14H16ClNO5S. The van der Waals surface area contributed by atoms with Crippen LogP contribution in [-0.4, -0.2) is 29.2 Å². The van der Waals surface area contributed by atoms with Crippen LogP contribution in [0.15, 0.2) is 45.9 Å². The van der Waals surface area contributed by atoms with Gasteiger partial charge in [-0.15, -0.1) is 0 Å². The molecule has 6 nitrogen and oxygen atoms in total. The van der Waals surface area contributed by atoms with Crippen LogP contribution in [0.2, 0.25) is 5.02 Å². The zero-order chi connectivity index (χ0) is 16.2. The van der Waals surface area contributed by atoms with Crippen LogP contribution in [0.3, 0.4) is 0 Å². The van der Waals surface area contributed by atoms with Gasteiger partial charge < -0.3 is 13.9 Å². The number of rotatable bonds is 7. The molecular weight excluding hydrogens is 330 g/mol. The fourth-order valence-electron chi connectivity index (χ4n) is 1.86. The second-order valence-electron chi connectivity index (χ2n) is 4.39. The van der Waals surface area contributed by atoms with Crippen LogP contribution in [0.5, 0.6) is 5.75 Å². The Morgan fingerprint density at radius 2 is 2.09 bits per heavy atom.